The van der Waals surface area contributed by atoms with Gasteiger partial charge in [-0.3, -0.25) is 0 Å². The molecule has 0 spiro atoms. The number of nitrogens with zero attached hydrogens (tertiary/aromatic N) is 1. The molecule has 1 aromatic carbocycles. The summed E-state index contributed by atoms with van der Waals surface area (Å²) in [4.78, 5) is 10.0. The molecule has 0 radical (unpaired) electrons. The molecule has 0 saturated carbocycles. The molecule has 1 rings (SSSR count). The van der Waals surface area contributed by atoms with Gasteiger partial charge < -0.3 is 5.11 Å². The van der Waals surface area contributed by atoms with Gasteiger partial charge in [0.2, 0.25) is 0 Å². The van der Waals surface area contributed by atoms with E-state index in [0.717, 1.165) is 12.1 Å². The summed E-state index contributed by atoms with van der Waals surface area (Å²) in [5, 5.41) is 10.2. The van der Waals surface area contributed by atoms with Gasteiger partial charge >= 0.3 is 6.18 Å². The lowest BCUT2D eigenvalue weighted by Crippen LogP contribution is -2.06. The number of phenols is 1. The summed E-state index contributed by atoms with van der Waals surface area (Å²) in [5.41, 5.74) is -2.27. The van der Waals surface area contributed by atoms with Crippen molar-refractivity contribution in [1.82, 2.24) is 0 Å². The number of rotatable bonds is 1. The van der Waals surface area contributed by atoms with Crippen LogP contribution in [0, 0.1) is 4.91 Å². The first kappa shape index (κ1) is 10.8. The number of hydrogen-bond donors (Lipinski definition) is 1. The summed E-state index contributed by atoms with van der Waals surface area (Å²) in [5.74, 6) is -0.744. The van der Waals surface area contributed by atoms with E-state index >= 15 is 0 Å². The van der Waals surface area contributed by atoms with Crippen LogP contribution in [0.15, 0.2) is 17.3 Å². The van der Waals surface area contributed by atoms with Gasteiger partial charge in [-0.1, -0.05) is 11.6 Å². The predicted octanol–water partition coefficient (Wildman–Crippen LogP) is 3.46. The van der Waals surface area contributed by atoms with Crippen LogP contribution < -0.4 is 0 Å². The minimum atomic E-state index is -4.82. The average molecular weight is 226 g/mol. The molecule has 7 heteroatoms. The summed E-state index contributed by atoms with van der Waals surface area (Å²) >= 11 is 5.19. The highest BCUT2D eigenvalue weighted by Crippen LogP contribution is 2.44. The molecule has 3 nitrogen and oxygen atoms in total. The van der Waals surface area contributed by atoms with Gasteiger partial charge in [-0.15, -0.1) is 4.91 Å². The fourth-order valence-electron chi connectivity index (χ4n) is 0.901. The molecular weight excluding hydrogens is 223 g/mol. The number of halogens is 4. The normalized spacial score (nSPS) is 11.4. The molecule has 1 aromatic rings. The van der Waals surface area contributed by atoms with Crippen LogP contribution in [0.25, 0.3) is 0 Å². The smallest absolute Gasteiger partial charge is 0.420 e. The SMILES string of the molecule is O=Nc1ccc(O)c(Cl)c1C(F)(F)F. The first-order chi connectivity index (χ1) is 6.38. The summed E-state index contributed by atoms with van der Waals surface area (Å²) < 4.78 is 36.8. The topological polar surface area (TPSA) is 49.7 Å². The first-order valence-corrected chi connectivity index (χ1v) is 3.67. The van der Waals surface area contributed by atoms with Gasteiger partial charge in [0.1, 0.15) is 17.0 Å². The summed E-state index contributed by atoms with van der Waals surface area (Å²) in [6.45, 7) is 0. The molecule has 1 N–H and O–H groups in total. The zero-order valence-corrected chi connectivity index (χ0v) is 7.23. The number of benzene rings is 1. The van der Waals surface area contributed by atoms with E-state index in [2.05, 4.69) is 5.18 Å². The molecule has 0 aliphatic heterocycles. The zero-order chi connectivity index (χ0) is 10.9. The quantitative estimate of drug-likeness (QED) is 0.744. The fraction of sp³-hybridized carbons (Fsp3) is 0.143. The maximum Gasteiger partial charge on any atom is 0.420 e. The molecule has 0 aliphatic carbocycles. The van der Waals surface area contributed by atoms with E-state index in [0.29, 0.717) is 0 Å². The Bertz CT molecular complexity index is 378. The largest absolute Gasteiger partial charge is 0.506 e. The Kier molecular flexibility index (Phi) is 2.66. The van der Waals surface area contributed by atoms with Gasteiger partial charge in [-0.25, -0.2) is 0 Å². The van der Waals surface area contributed by atoms with Crippen molar-refractivity contribution in [2.45, 2.75) is 6.18 Å². The van der Waals surface area contributed by atoms with Gasteiger partial charge in [0.15, 0.2) is 0 Å². The summed E-state index contributed by atoms with van der Waals surface area (Å²) in [6, 6.07) is 1.62. The van der Waals surface area contributed by atoms with Crippen LogP contribution in [-0.2, 0) is 6.18 Å². The second kappa shape index (κ2) is 3.45. The standard InChI is InChI=1S/C7H3ClF3NO2/c8-6-4(13)2-1-3(12-14)5(6)7(9,10)11/h1-2,13H. The third kappa shape index (κ3) is 1.79. The second-order valence-corrected chi connectivity index (χ2v) is 2.76. The van der Waals surface area contributed by atoms with Crippen molar-refractivity contribution in [2.24, 2.45) is 5.18 Å². The second-order valence-electron chi connectivity index (χ2n) is 2.38. The monoisotopic (exact) mass is 225 g/mol. The number of nitroso groups, excluding NO2 is 1. The van der Waals surface area contributed by atoms with Crippen molar-refractivity contribution >= 4 is 17.3 Å². The van der Waals surface area contributed by atoms with Crippen LogP contribution >= 0.6 is 11.6 Å². The molecule has 0 atom stereocenters. The van der Waals surface area contributed by atoms with Gasteiger partial charge in [-0.2, -0.15) is 13.2 Å². The third-order valence-electron chi connectivity index (χ3n) is 1.48. The maximum absolute atomic E-state index is 12.3. The average Bonchev–Trinajstić information content (AvgIpc) is 2.07. The zero-order valence-electron chi connectivity index (χ0n) is 6.47. The summed E-state index contributed by atoms with van der Waals surface area (Å²) in [7, 11) is 0. The Morgan fingerprint density at radius 3 is 2.36 bits per heavy atom. The Morgan fingerprint density at radius 1 is 1.36 bits per heavy atom. The van der Waals surface area contributed by atoms with E-state index in [-0.39, 0.29) is 0 Å². The van der Waals surface area contributed by atoms with Crippen LogP contribution in [0.5, 0.6) is 5.75 Å². The van der Waals surface area contributed by atoms with Crippen molar-refractivity contribution in [3.63, 3.8) is 0 Å². The molecule has 76 valence electrons. The Labute approximate surface area is 81.1 Å². The maximum atomic E-state index is 12.3. The Hall–Kier alpha value is -1.30. The first-order valence-electron chi connectivity index (χ1n) is 3.30. The van der Waals surface area contributed by atoms with Crippen LogP contribution in [-0.4, -0.2) is 5.11 Å². The highest BCUT2D eigenvalue weighted by molar-refractivity contribution is 6.33. The number of phenolic OH excluding ortho intramolecular Hbond substituents is 1. The Morgan fingerprint density at radius 2 is 1.93 bits per heavy atom. The van der Waals surface area contributed by atoms with E-state index in [1.165, 1.54) is 0 Å². The van der Waals surface area contributed by atoms with E-state index in [1.807, 2.05) is 0 Å². The molecule has 0 aromatic heterocycles. The molecule has 0 saturated heterocycles. The minimum Gasteiger partial charge on any atom is -0.506 e. The number of aromatic hydroxyl groups is 1. The highest BCUT2D eigenvalue weighted by atomic mass is 35.5. The highest BCUT2D eigenvalue weighted by Gasteiger charge is 2.37. The van der Waals surface area contributed by atoms with Gasteiger partial charge in [0, 0.05) is 0 Å². The van der Waals surface area contributed by atoms with Gasteiger partial charge in [0.05, 0.1) is 5.02 Å². The molecule has 0 heterocycles. The molecule has 14 heavy (non-hydrogen) atoms. The van der Waals surface area contributed by atoms with Crippen molar-refractivity contribution < 1.29 is 18.3 Å². The summed E-state index contributed by atoms with van der Waals surface area (Å²) in [6.07, 6.45) is -4.82. The predicted molar refractivity (Wildman–Crippen MR) is 43.6 cm³/mol. The number of hydrogen-bond acceptors (Lipinski definition) is 3. The molecule has 0 unspecified atom stereocenters. The van der Waals surface area contributed by atoms with Gasteiger partial charge in [-0.05, 0) is 17.3 Å². The van der Waals surface area contributed by atoms with Crippen molar-refractivity contribution in [1.29, 1.82) is 0 Å². The lowest BCUT2D eigenvalue weighted by atomic mass is 10.1. The van der Waals surface area contributed by atoms with Gasteiger partial charge in [0.25, 0.3) is 0 Å². The lowest BCUT2D eigenvalue weighted by Gasteiger charge is -2.10. The molecular formula is C7H3ClF3NO2. The molecule has 0 amide bonds. The van der Waals surface area contributed by atoms with E-state index in [1.54, 1.807) is 0 Å². The minimum absolute atomic E-state index is 0.744. The molecule has 0 fully saturated rings. The van der Waals surface area contributed by atoms with Crippen molar-refractivity contribution in [3.8, 4) is 5.75 Å². The number of alkyl halides is 3. The fourth-order valence-corrected chi connectivity index (χ4v) is 1.17. The van der Waals surface area contributed by atoms with Crippen LogP contribution in [0.3, 0.4) is 0 Å². The molecule has 0 bridgehead atoms. The van der Waals surface area contributed by atoms with Crippen LogP contribution in [0.4, 0.5) is 18.9 Å². The van der Waals surface area contributed by atoms with E-state index < -0.39 is 28.2 Å². The van der Waals surface area contributed by atoms with Crippen molar-refractivity contribution in [2.75, 3.05) is 0 Å². The van der Waals surface area contributed by atoms with Crippen LogP contribution in [0.1, 0.15) is 5.56 Å². The molecule has 0 aliphatic rings. The van der Waals surface area contributed by atoms with E-state index in [9.17, 15) is 18.1 Å². The Balaban J connectivity index is 3.51. The van der Waals surface area contributed by atoms with Crippen molar-refractivity contribution in [3.05, 3.63) is 27.6 Å². The van der Waals surface area contributed by atoms with E-state index in [4.69, 9.17) is 16.7 Å². The van der Waals surface area contributed by atoms with Crippen LogP contribution in [0.2, 0.25) is 5.02 Å². The lowest BCUT2D eigenvalue weighted by molar-refractivity contribution is -0.137. The third-order valence-corrected chi connectivity index (χ3v) is 1.86.